The average molecular weight is 372 g/mol. The number of sulfonamides is 1. The van der Waals surface area contributed by atoms with Gasteiger partial charge in [-0.05, 0) is 48.5 Å². The number of nitrogens with zero attached hydrogens (tertiary/aromatic N) is 2. The molecular formula is C17H13FN4O3S. The Hall–Kier alpha value is -3.33. The van der Waals surface area contributed by atoms with Gasteiger partial charge >= 0.3 is 0 Å². The van der Waals surface area contributed by atoms with Crippen molar-refractivity contribution < 1.29 is 17.6 Å². The van der Waals surface area contributed by atoms with Gasteiger partial charge in [0.25, 0.3) is 15.9 Å². The first kappa shape index (κ1) is 17.5. The fourth-order valence-electron chi connectivity index (χ4n) is 2.08. The van der Waals surface area contributed by atoms with E-state index in [0.717, 1.165) is 6.07 Å². The Morgan fingerprint density at radius 3 is 2.31 bits per heavy atom. The van der Waals surface area contributed by atoms with Gasteiger partial charge in [-0.1, -0.05) is 6.07 Å². The predicted molar refractivity (Wildman–Crippen MR) is 93.6 cm³/mol. The molecule has 9 heteroatoms. The first-order chi connectivity index (χ1) is 12.4. The lowest BCUT2D eigenvalue weighted by Crippen LogP contribution is -2.15. The summed E-state index contributed by atoms with van der Waals surface area (Å²) in [6, 6.07) is 12.3. The molecule has 1 amide bonds. The zero-order valence-electron chi connectivity index (χ0n) is 13.3. The van der Waals surface area contributed by atoms with Crippen molar-refractivity contribution in [1.29, 1.82) is 0 Å². The topological polar surface area (TPSA) is 101 Å². The molecule has 0 aliphatic heterocycles. The van der Waals surface area contributed by atoms with E-state index in [0.29, 0.717) is 5.69 Å². The SMILES string of the molecule is O=C(Nc1ccc(S(=O)(=O)Nc2ncccn2)cc1)c1cccc(F)c1. The number of carbonyl (C=O) groups excluding carboxylic acids is 1. The zero-order chi connectivity index (χ0) is 18.6. The van der Waals surface area contributed by atoms with Crippen molar-refractivity contribution in [2.45, 2.75) is 4.90 Å². The Morgan fingerprint density at radius 2 is 1.65 bits per heavy atom. The van der Waals surface area contributed by atoms with E-state index >= 15 is 0 Å². The third-order valence-electron chi connectivity index (χ3n) is 3.30. The molecule has 1 aromatic heterocycles. The molecule has 0 saturated carbocycles. The van der Waals surface area contributed by atoms with Crippen LogP contribution in [0.1, 0.15) is 10.4 Å². The van der Waals surface area contributed by atoms with Crippen molar-refractivity contribution in [2.75, 3.05) is 10.0 Å². The van der Waals surface area contributed by atoms with Crippen molar-refractivity contribution in [3.05, 3.63) is 78.4 Å². The lowest BCUT2D eigenvalue weighted by Gasteiger charge is -2.08. The molecular weight excluding hydrogens is 359 g/mol. The first-order valence-corrected chi connectivity index (χ1v) is 8.89. The third kappa shape index (κ3) is 4.19. The van der Waals surface area contributed by atoms with Crippen molar-refractivity contribution in [1.82, 2.24) is 9.97 Å². The van der Waals surface area contributed by atoms with E-state index in [4.69, 9.17) is 0 Å². The molecule has 0 spiro atoms. The second-order valence-corrected chi connectivity index (χ2v) is 6.85. The van der Waals surface area contributed by atoms with Crippen LogP contribution < -0.4 is 10.0 Å². The lowest BCUT2D eigenvalue weighted by atomic mass is 10.2. The number of hydrogen-bond acceptors (Lipinski definition) is 5. The maximum atomic E-state index is 13.2. The molecule has 7 nitrogen and oxygen atoms in total. The summed E-state index contributed by atoms with van der Waals surface area (Å²) in [5.74, 6) is -1.07. The largest absolute Gasteiger partial charge is 0.322 e. The average Bonchev–Trinajstić information content (AvgIpc) is 2.62. The van der Waals surface area contributed by atoms with Crippen LogP contribution in [0, 0.1) is 5.82 Å². The van der Waals surface area contributed by atoms with E-state index in [2.05, 4.69) is 20.0 Å². The first-order valence-electron chi connectivity index (χ1n) is 7.41. The van der Waals surface area contributed by atoms with Crippen LogP contribution >= 0.6 is 0 Å². The molecule has 0 radical (unpaired) electrons. The molecule has 0 fully saturated rings. The van der Waals surface area contributed by atoms with E-state index in [1.54, 1.807) is 6.07 Å². The molecule has 0 aliphatic carbocycles. The second kappa shape index (κ2) is 7.28. The van der Waals surface area contributed by atoms with Gasteiger partial charge in [-0.15, -0.1) is 0 Å². The highest BCUT2D eigenvalue weighted by Crippen LogP contribution is 2.17. The van der Waals surface area contributed by atoms with Crippen molar-refractivity contribution in [3.8, 4) is 0 Å². The minimum absolute atomic E-state index is 0.0197. The predicted octanol–water partition coefficient (Wildman–Crippen LogP) is 2.67. The summed E-state index contributed by atoms with van der Waals surface area (Å²) in [7, 11) is -3.85. The minimum Gasteiger partial charge on any atom is -0.322 e. The van der Waals surface area contributed by atoms with Crippen molar-refractivity contribution in [2.24, 2.45) is 0 Å². The molecule has 2 aromatic carbocycles. The summed E-state index contributed by atoms with van der Waals surface area (Å²) >= 11 is 0. The molecule has 0 unspecified atom stereocenters. The van der Waals surface area contributed by atoms with Gasteiger partial charge in [0.05, 0.1) is 4.90 Å². The molecule has 2 N–H and O–H groups in total. The van der Waals surface area contributed by atoms with Crippen LogP contribution in [0.3, 0.4) is 0 Å². The van der Waals surface area contributed by atoms with Gasteiger partial charge in [-0.25, -0.2) is 27.5 Å². The molecule has 0 bridgehead atoms. The number of halogens is 1. The van der Waals surface area contributed by atoms with E-state index in [1.807, 2.05) is 0 Å². The summed E-state index contributed by atoms with van der Waals surface area (Å²) in [6.07, 6.45) is 2.83. The maximum Gasteiger partial charge on any atom is 0.264 e. The van der Waals surface area contributed by atoms with E-state index in [9.17, 15) is 17.6 Å². The summed E-state index contributed by atoms with van der Waals surface area (Å²) in [4.78, 5) is 19.6. The van der Waals surface area contributed by atoms with E-state index in [1.165, 1.54) is 54.9 Å². The van der Waals surface area contributed by atoms with Crippen LogP contribution in [-0.2, 0) is 10.0 Å². The number of carbonyl (C=O) groups is 1. The fraction of sp³-hybridized carbons (Fsp3) is 0. The van der Waals surface area contributed by atoms with Gasteiger partial charge in [-0.2, -0.15) is 0 Å². The third-order valence-corrected chi connectivity index (χ3v) is 4.64. The van der Waals surface area contributed by atoms with Crippen LogP contribution in [0.25, 0.3) is 0 Å². The second-order valence-electron chi connectivity index (χ2n) is 5.17. The van der Waals surface area contributed by atoms with Gasteiger partial charge in [0.1, 0.15) is 5.82 Å². The number of nitrogens with one attached hydrogen (secondary N) is 2. The number of amides is 1. The zero-order valence-corrected chi connectivity index (χ0v) is 14.1. The fourth-order valence-corrected chi connectivity index (χ4v) is 3.04. The Balaban J connectivity index is 1.73. The lowest BCUT2D eigenvalue weighted by molar-refractivity contribution is 0.102. The van der Waals surface area contributed by atoms with Gasteiger partial charge in [-0.3, -0.25) is 4.79 Å². The molecule has 132 valence electrons. The summed E-state index contributed by atoms with van der Waals surface area (Å²) in [5.41, 5.74) is 0.527. The van der Waals surface area contributed by atoms with Gasteiger partial charge in [0, 0.05) is 23.6 Å². The van der Waals surface area contributed by atoms with Crippen LogP contribution in [0.5, 0.6) is 0 Å². The van der Waals surface area contributed by atoms with E-state index < -0.39 is 21.7 Å². The molecule has 0 atom stereocenters. The van der Waals surface area contributed by atoms with Crippen LogP contribution in [0.15, 0.2) is 71.9 Å². The highest BCUT2D eigenvalue weighted by molar-refractivity contribution is 7.92. The maximum absolute atomic E-state index is 13.2. The number of hydrogen-bond donors (Lipinski definition) is 2. The standard InChI is InChI=1S/C17H13FN4O3S/c18-13-4-1-3-12(11-13)16(23)21-14-5-7-15(8-6-14)26(24,25)22-17-19-9-2-10-20-17/h1-11H,(H,21,23)(H,19,20,22). The summed E-state index contributed by atoms with van der Waals surface area (Å²) in [6.45, 7) is 0. The Morgan fingerprint density at radius 1 is 0.962 bits per heavy atom. The highest BCUT2D eigenvalue weighted by atomic mass is 32.2. The smallest absolute Gasteiger partial charge is 0.264 e. The molecule has 3 aromatic rings. The quantitative estimate of drug-likeness (QED) is 0.717. The number of anilines is 2. The van der Waals surface area contributed by atoms with Crippen LogP contribution in [0.4, 0.5) is 16.0 Å². The molecule has 0 saturated heterocycles. The molecule has 1 heterocycles. The normalized spacial score (nSPS) is 11.0. The van der Waals surface area contributed by atoms with Crippen LogP contribution in [0.2, 0.25) is 0 Å². The van der Waals surface area contributed by atoms with Gasteiger partial charge in [0.2, 0.25) is 5.95 Å². The number of rotatable bonds is 5. The van der Waals surface area contributed by atoms with E-state index in [-0.39, 0.29) is 16.4 Å². The Kier molecular flexibility index (Phi) is 4.90. The summed E-state index contributed by atoms with van der Waals surface area (Å²) in [5, 5.41) is 2.57. The van der Waals surface area contributed by atoms with Crippen LogP contribution in [-0.4, -0.2) is 24.3 Å². The monoisotopic (exact) mass is 372 g/mol. The summed E-state index contributed by atoms with van der Waals surface area (Å²) < 4.78 is 40.0. The number of benzene rings is 2. The van der Waals surface area contributed by atoms with Gasteiger partial charge < -0.3 is 5.32 Å². The van der Waals surface area contributed by atoms with Crippen molar-refractivity contribution in [3.63, 3.8) is 0 Å². The minimum atomic E-state index is -3.85. The Bertz CT molecular complexity index is 1030. The highest BCUT2D eigenvalue weighted by Gasteiger charge is 2.15. The Labute approximate surface area is 149 Å². The van der Waals surface area contributed by atoms with Gasteiger partial charge in [0.15, 0.2) is 0 Å². The molecule has 26 heavy (non-hydrogen) atoms. The number of aromatic nitrogens is 2. The van der Waals surface area contributed by atoms with Crippen molar-refractivity contribution >= 4 is 27.6 Å². The molecule has 3 rings (SSSR count). The molecule has 0 aliphatic rings.